The van der Waals surface area contributed by atoms with Gasteiger partial charge in [0.15, 0.2) is 0 Å². The maximum absolute atomic E-state index is 10.9. The zero-order valence-electron chi connectivity index (χ0n) is 11.8. The van der Waals surface area contributed by atoms with Crippen molar-refractivity contribution in [2.45, 2.75) is 32.8 Å². The lowest BCUT2D eigenvalue weighted by molar-refractivity contribution is -0.661. The van der Waals surface area contributed by atoms with E-state index in [2.05, 4.69) is 0 Å². The molecule has 0 saturated heterocycles. The van der Waals surface area contributed by atoms with Crippen molar-refractivity contribution >= 4 is 5.78 Å². The number of rotatable bonds is 9. The zero-order chi connectivity index (χ0) is 14.1. The minimum Gasteiger partial charge on any atom is -0.488 e. The van der Waals surface area contributed by atoms with Crippen molar-refractivity contribution in [3.63, 3.8) is 0 Å². The van der Waals surface area contributed by atoms with Gasteiger partial charge in [-0.3, -0.25) is 0 Å². The Morgan fingerprint density at radius 1 is 1.37 bits per heavy atom. The molecule has 1 atom stereocenters. The fourth-order valence-electron chi connectivity index (χ4n) is 1.69. The summed E-state index contributed by atoms with van der Waals surface area (Å²) in [6.07, 6.45) is 1.10. The van der Waals surface area contributed by atoms with Gasteiger partial charge >= 0.3 is 0 Å². The van der Waals surface area contributed by atoms with Crippen molar-refractivity contribution in [3.8, 4) is 5.75 Å². The molecule has 0 aliphatic carbocycles. The summed E-state index contributed by atoms with van der Waals surface area (Å²) >= 11 is 0. The van der Waals surface area contributed by atoms with Gasteiger partial charge in [-0.05, 0) is 38.0 Å². The third kappa shape index (κ3) is 7.59. The smallest absolute Gasteiger partial charge is 0.137 e. The van der Waals surface area contributed by atoms with Crippen LogP contribution in [0.5, 0.6) is 5.75 Å². The number of aliphatic hydroxyl groups excluding tert-OH is 1. The van der Waals surface area contributed by atoms with Gasteiger partial charge in [0.1, 0.15) is 31.2 Å². The Morgan fingerprint density at radius 2 is 2.05 bits per heavy atom. The molecule has 0 heterocycles. The molecule has 0 radical (unpaired) electrons. The molecule has 0 amide bonds. The molecule has 4 nitrogen and oxygen atoms in total. The summed E-state index contributed by atoms with van der Waals surface area (Å²) in [7, 11) is 0. The quantitative estimate of drug-likeness (QED) is 0.641. The highest BCUT2D eigenvalue weighted by atomic mass is 16.5. The van der Waals surface area contributed by atoms with Gasteiger partial charge in [0, 0.05) is 6.42 Å². The van der Waals surface area contributed by atoms with Crippen LogP contribution in [0, 0.1) is 0 Å². The van der Waals surface area contributed by atoms with Crippen molar-refractivity contribution in [1.82, 2.24) is 0 Å². The topological polar surface area (TPSA) is 63.1 Å². The van der Waals surface area contributed by atoms with Gasteiger partial charge in [-0.2, -0.15) is 0 Å². The van der Waals surface area contributed by atoms with Crippen LogP contribution in [-0.4, -0.2) is 36.7 Å². The molecular weight excluding hydrogens is 242 g/mol. The highest BCUT2D eigenvalue weighted by Crippen LogP contribution is 2.13. The van der Waals surface area contributed by atoms with Crippen LogP contribution in [0.4, 0.5) is 0 Å². The van der Waals surface area contributed by atoms with Gasteiger partial charge in [-0.15, -0.1) is 0 Å². The molecule has 0 aromatic heterocycles. The van der Waals surface area contributed by atoms with Crippen molar-refractivity contribution in [2.75, 3.05) is 19.7 Å². The van der Waals surface area contributed by atoms with Crippen LogP contribution >= 0.6 is 0 Å². The van der Waals surface area contributed by atoms with Crippen LogP contribution in [-0.2, 0) is 11.2 Å². The first-order chi connectivity index (χ1) is 9.08. The lowest BCUT2D eigenvalue weighted by atomic mass is 10.1. The number of aryl methyl sites for hydroxylation is 1. The second-order valence-electron chi connectivity index (χ2n) is 4.86. The van der Waals surface area contributed by atoms with Gasteiger partial charge < -0.3 is 20.0 Å². The number of Topliss-reactive ketones (excluding diaryl/α,β-unsaturated/α-hetero) is 1. The van der Waals surface area contributed by atoms with Gasteiger partial charge in [-0.1, -0.05) is 12.1 Å². The van der Waals surface area contributed by atoms with E-state index in [9.17, 15) is 4.79 Å². The third-order valence-corrected chi connectivity index (χ3v) is 2.79. The number of benzene rings is 1. The molecular formula is C15H24NO3+. The van der Waals surface area contributed by atoms with Crippen molar-refractivity contribution < 1.29 is 20.0 Å². The predicted octanol–water partition coefficient (Wildman–Crippen LogP) is 0.531. The lowest BCUT2D eigenvalue weighted by Crippen LogP contribution is -2.87. The normalized spacial score (nSPS) is 12.2. The second kappa shape index (κ2) is 8.67. The number of aliphatic hydroxyl groups is 1. The standard InChI is InChI=1S/C15H23NO3/c1-12(17)3-4-14-5-7-15(8-6-14)19-10-9-16-11-13(2)18/h5-8,13,16,18H,3-4,9-11H2,1-2H3/p+1/t13-/m0/s1. The van der Waals surface area contributed by atoms with Crippen molar-refractivity contribution in [1.29, 1.82) is 0 Å². The van der Waals surface area contributed by atoms with Crippen LogP contribution in [0.2, 0.25) is 0 Å². The number of carbonyl (C=O) groups is 1. The molecule has 0 spiro atoms. The van der Waals surface area contributed by atoms with E-state index in [1.165, 1.54) is 0 Å². The summed E-state index contributed by atoms with van der Waals surface area (Å²) in [5.74, 6) is 1.06. The number of carbonyl (C=O) groups excluding carboxylic acids is 1. The van der Waals surface area contributed by atoms with E-state index in [1.54, 1.807) is 13.8 Å². The summed E-state index contributed by atoms with van der Waals surface area (Å²) in [6.45, 7) is 5.54. The summed E-state index contributed by atoms with van der Waals surface area (Å²) in [4.78, 5) is 10.9. The third-order valence-electron chi connectivity index (χ3n) is 2.79. The van der Waals surface area contributed by atoms with E-state index < -0.39 is 0 Å². The van der Waals surface area contributed by atoms with Gasteiger partial charge in [-0.25, -0.2) is 0 Å². The number of hydrogen-bond donors (Lipinski definition) is 2. The van der Waals surface area contributed by atoms with Crippen LogP contribution in [0.25, 0.3) is 0 Å². The Morgan fingerprint density at radius 3 is 2.63 bits per heavy atom. The number of quaternary nitrogens is 1. The molecule has 0 aliphatic heterocycles. The molecule has 0 unspecified atom stereocenters. The first-order valence-electron chi connectivity index (χ1n) is 6.79. The Labute approximate surface area is 114 Å². The van der Waals surface area contributed by atoms with E-state index >= 15 is 0 Å². The Bertz CT molecular complexity index is 373. The fourth-order valence-corrected chi connectivity index (χ4v) is 1.69. The van der Waals surface area contributed by atoms with Crippen molar-refractivity contribution in [3.05, 3.63) is 29.8 Å². The first-order valence-corrected chi connectivity index (χ1v) is 6.79. The monoisotopic (exact) mass is 266 g/mol. The number of nitrogens with two attached hydrogens (primary N) is 1. The molecule has 0 aliphatic rings. The van der Waals surface area contributed by atoms with Crippen molar-refractivity contribution in [2.24, 2.45) is 0 Å². The highest BCUT2D eigenvalue weighted by Gasteiger charge is 2.00. The number of ketones is 1. The largest absolute Gasteiger partial charge is 0.488 e. The van der Waals surface area contributed by atoms with E-state index in [0.29, 0.717) is 19.6 Å². The van der Waals surface area contributed by atoms with Gasteiger partial charge in [0.2, 0.25) is 0 Å². The zero-order valence-corrected chi connectivity index (χ0v) is 11.8. The highest BCUT2D eigenvalue weighted by molar-refractivity contribution is 5.75. The Kier molecular flexibility index (Phi) is 7.15. The van der Waals surface area contributed by atoms with E-state index in [1.807, 2.05) is 29.6 Å². The van der Waals surface area contributed by atoms with Gasteiger partial charge in [0.05, 0.1) is 6.10 Å². The summed E-state index contributed by atoms with van der Waals surface area (Å²) in [5.41, 5.74) is 1.16. The Balaban J connectivity index is 2.22. The Hall–Kier alpha value is -1.39. The molecule has 1 aromatic rings. The van der Waals surface area contributed by atoms with E-state index in [-0.39, 0.29) is 11.9 Å². The molecule has 4 heteroatoms. The average Bonchev–Trinajstić information content (AvgIpc) is 2.37. The van der Waals surface area contributed by atoms with Crippen LogP contribution < -0.4 is 10.1 Å². The first kappa shape index (κ1) is 15.7. The number of ether oxygens (including phenoxy) is 1. The summed E-state index contributed by atoms with van der Waals surface area (Å²) in [6, 6.07) is 7.86. The van der Waals surface area contributed by atoms with Crippen LogP contribution in [0.1, 0.15) is 25.8 Å². The molecule has 1 aromatic carbocycles. The molecule has 1 rings (SSSR count). The van der Waals surface area contributed by atoms with E-state index in [4.69, 9.17) is 9.84 Å². The maximum atomic E-state index is 10.9. The van der Waals surface area contributed by atoms with Gasteiger partial charge in [0.25, 0.3) is 0 Å². The SMILES string of the molecule is CC(=O)CCc1ccc(OCC[NH2+]C[C@H](C)O)cc1. The molecule has 0 saturated carbocycles. The fraction of sp³-hybridized carbons (Fsp3) is 0.533. The van der Waals surface area contributed by atoms with E-state index in [0.717, 1.165) is 24.3 Å². The second-order valence-corrected chi connectivity index (χ2v) is 4.86. The minimum atomic E-state index is -0.277. The average molecular weight is 266 g/mol. The van der Waals surface area contributed by atoms with Crippen LogP contribution in [0.3, 0.4) is 0 Å². The molecule has 0 fully saturated rings. The molecule has 0 bridgehead atoms. The predicted molar refractivity (Wildman–Crippen MR) is 74.3 cm³/mol. The lowest BCUT2D eigenvalue weighted by Gasteiger charge is -2.07. The summed E-state index contributed by atoms with van der Waals surface area (Å²) in [5, 5.41) is 11.1. The molecule has 19 heavy (non-hydrogen) atoms. The van der Waals surface area contributed by atoms with Crippen LogP contribution in [0.15, 0.2) is 24.3 Å². The molecule has 106 valence electrons. The summed E-state index contributed by atoms with van der Waals surface area (Å²) < 4.78 is 5.59. The number of hydrogen-bond acceptors (Lipinski definition) is 3. The molecule has 3 N–H and O–H groups in total. The maximum Gasteiger partial charge on any atom is 0.137 e. The minimum absolute atomic E-state index is 0.217.